The number of ether oxygens (including phenoxy) is 2. The SMILES string of the molecule is CC(/C=C/C1=CC=CCO1)=N\NC(=O)COc1ccc(C(C)(C)C)cc1. The Morgan fingerprint density at radius 3 is 2.65 bits per heavy atom. The van der Waals surface area contributed by atoms with Crippen LogP contribution in [0.15, 0.2) is 65.5 Å². The summed E-state index contributed by atoms with van der Waals surface area (Å²) >= 11 is 0. The van der Waals surface area contributed by atoms with Gasteiger partial charge in [0.2, 0.25) is 0 Å². The molecule has 26 heavy (non-hydrogen) atoms. The summed E-state index contributed by atoms with van der Waals surface area (Å²) < 4.78 is 10.9. The highest BCUT2D eigenvalue weighted by atomic mass is 16.5. The van der Waals surface area contributed by atoms with Gasteiger partial charge in [0.25, 0.3) is 5.91 Å². The van der Waals surface area contributed by atoms with Gasteiger partial charge in [0, 0.05) is 0 Å². The van der Waals surface area contributed by atoms with Crippen molar-refractivity contribution in [3.8, 4) is 5.75 Å². The first-order valence-corrected chi connectivity index (χ1v) is 8.59. The predicted octanol–water partition coefficient (Wildman–Crippen LogP) is 3.88. The van der Waals surface area contributed by atoms with Crippen LogP contribution in [-0.4, -0.2) is 24.8 Å². The van der Waals surface area contributed by atoms with Gasteiger partial charge in [-0.15, -0.1) is 0 Å². The third-order valence-electron chi connectivity index (χ3n) is 3.68. The summed E-state index contributed by atoms with van der Waals surface area (Å²) in [5.74, 6) is 1.10. The van der Waals surface area contributed by atoms with Gasteiger partial charge in [-0.2, -0.15) is 5.10 Å². The Morgan fingerprint density at radius 1 is 1.31 bits per heavy atom. The Balaban J connectivity index is 1.78. The lowest BCUT2D eigenvalue weighted by atomic mass is 9.87. The third kappa shape index (κ3) is 6.59. The van der Waals surface area contributed by atoms with Gasteiger partial charge in [-0.05, 0) is 54.3 Å². The minimum atomic E-state index is -0.311. The third-order valence-corrected chi connectivity index (χ3v) is 3.68. The molecule has 0 fully saturated rings. The van der Waals surface area contributed by atoms with Crippen molar-refractivity contribution in [1.29, 1.82) is 0 Å². The molecule has 0 saturated carbocycles. The molecule has 138 valence electrons. The van der Waals surface area contributed by atoms with E-state index in [0.717, 1.165) is 5.76 Å². The number of hydrogen-bond acceptors (Lipinski definition) is 4. The molecule has 0 saturated heterocycles. The van der Waals surface area contributed by atoms with Crippen molar-refractivity contribution in [2.24, 2.45) is 5.10 Å². The zero-order valence-electron chi connectivity index (χ0n) is 15.8. The van der Waals surface area contributed by atoms with Crippen LogP contribution in [0.2, 0.25) is 0 Å². The summed E-state index contributed by atoms with van der Waals surface area (Å²) in [6.45, 7) is 8.73. The van der Waals surface area contributed by atoms with E-state index in [4.69, 9.17) is 9.47 Å². The summed E-state index contributed by atoms with van der Waals surface area (Å²) in [4.78, 5) is 11.8. The molecule has 0 aromatic heterocycles. The lowest BCUT2D eigenvalue weighted by Gasteiger charge is -2.19. The highest BCUT2D eigenvalue weighted by Gasteiger charge is 2.13. The molecule has 1 aromatic carbocycles. The molecule has 0 spiro atoms. The van der Waals surface area contributed by atoms with Crippen molar-refractivity contribution >= 4 is 11.6 Å². The van der Waals surface area contributed by atoms with Gasteiger partial charge in [0.05, 0.1) is 5.71 Å². The first-order chi connectivity index (χ1) is 12.3. The molecule has 5 heteroatoms. The molecule has 1 N–H and O–H groups in total. The van der Waals surface area contributed by atoms with E-state index in [-0.39, 0.29) is 17.9 Å². The molecule has 0 bridgehead atoms. The summed E-state index contributed by atoms with van der Waals surface area (Å²) in [5, 5.41) is 4.02. The number of amides is 1. The van der Waals surface area contributed by atoms with E-state index in [9.17, 15) is 4.79 Å². The lowest BCUT2D eigenvalue weighted by Crippen LogP contribution is -2.25. The van der Waals surface area contributed by atoms with E-state index in [1.54, 1.807) is 13.0 Å². The van der Waals surface area contributed by atoms with Crippen LogP contribution in [0.4, 0.5) is 0 Å². The van der Waals surface area contributed by atoms with Crippen molar-refractivity contribution in [3.05, 3.63) is 66.0 Å². The maximum atomic E-state index is 11.8. The van der Waals surface area contributed by atoms with Crippen molar-refractivity contribution in [1.82, 2.24) is 5.43 Å². The van der Waals surface area contributed by atoms with Crippen molar-refractivity contribution < 1.29 is 14.3 Å². The molecular weight excluding hydrogens is 328 g/mol. The standard InChI is InChI=1S/C21H26N2O3/c1-16(8-11-18-7-5-6-14-25-18)22-23-20(24)15-26-19-12-9-17(10-13-19)21(2,3)4/h5-13H,14-15H2,1-4H3,(H,23,24)/b11-8+,22-16+. The van der Waals surface area contributed by atoms with E-state index >= 15 is 0 Å². The number of hydrazone groups is 1. The van der Waals surface area contributed by atoms with Crippen LogP contribution < -0.4 is 10.2 Å². The normalized spacial score (nSPS) is 14.8. The zero-order valence-corrected chi connectivity index (χ0v) is 15.8. The second-order valence-electron chi connectivity index (χ2n) is 6.99. The van der Waals surface area contributed by atoms with E-state index in [2.05, 4.69) is 31.3 Å². The van der Waals surface area contributed by atoms with E-state index < -0.39 is 0 Å². The number of nitrogens with zero attached hydrogens (tertiary/aromatic N) is 1. The Hall–Kier alpha value is -2.82. The molecule has 0 aliphatic carbocycles. The lowest BCUT2D eigenvalue weighted by molar-refractivity contribution is -0.123. The van der Waals surface area contributed by atoms with Crippen LogP contribution in [0.25, 0.3) is 0 Å². The highest BCUT2D eigenvalue weighted by molar-refractivity contribution is 5.94. The Labute approximate surface area is 155 Å². The fourth-order valence-electron chi connectivity index (χ4n) is 2.14. The quantitative estimate of drug-likeness (QED) is 0.623. The van der Waals surface area contributed by atoms with Gasteiger partial charge in [-0.25, -0.2) is 5.43 Å². The van der Waals surface area contributed by atoms with E-state index in [1.165, 1.54) is 5.56 Å². The maximum absolute atomic E-state index is 11.8. The molecular formula is C21H26N2O3. The number of carbonyl (C=O) groups is 1. The molecule has 1 aromatic rings. The van der Waals surface area contributed by atoms with Crippen LogP contribution in [-0.2, 0) is 14.9 Å². The Morgan fingerprint density at radius 2 is 2.04 bits per heavy atom. The first kappa shape index (κ1) is 19.5. The smallest absolute Gasteiger partial charge is 0.277 e. The van der Waals surface area contributed by atoms with E-state index in [0.29, 0.717) is 18.1 Å². The zero-order chi connectivity index (χ0) is 19.0. The summed E-state index contributed by atoms with van der Waals surface area (Å²) in [7, 11) is 0. The highest BCUT2D eigenvalue weighted by Crippen LogP contribution is 2.24. The number of allylic oxidation sites excluding steroid dienone is 4. The molecule has 1 aliphatic heterocycles. The monoisotopic (exact) mass is 354 g/mol. The summed E-state index contributed by atoms with van der Waals surface area (Å²) in [6.07, 6.45) is 9.31. The molecule has 1 aliphatic rings. The fourth-order valence-corrected chi connectivity index (χ4v) is 2.14. The Bertz CT molecular complexity index is 736. The minimum Gasteiger partial charge on any atom is -0.490 e. The molecule has 2 rings (SSSR count). The number of nitrogens with one attached hydrogen (secondary N) is 1. The predicted molar refractivity (Wildman–Crippen MR) is 104 cm³/mol. The van der Waals surface area contributed by atoms with Crippen molar-refractivity contribution in [2.75, 3.05) is 13.2 Å². The van der Waals surface area contributed by atoms with Crippen LogP contribution in [0, 0.1) is 0 Å². The second-order valence-corrected chi connectivity index (χ2v) is 6.99. The van der Waals surface area contributed by atoms with Crippen LogP contribution >= 0.6 is 0 Å². The van der Waals surface area contributed by atoms with Gasteiger partial charge in [-0.3, -0.25) is 4.79 Å². The van der Waals surface area contributed by atoms with Gasteiger partial charge in [-0.1, -0.05) is 39.0 Å². The van der Waals surface area contributed by atoms with Crippen LogP contribution in [0.3, 0.4) is 0 Å². The molecule has 0 unspecified atom stereocenters. The average molecular weight is 354 g/mol. The molecule has 0 radical (unpaired) electrons. The molecule has 5 nitrogen and oxygen atoms in total. The number of benzene rings is 1. The molecule has 0 atom stereocenters. The first-order valence-electron chi connectivity index (χ1n) is 8.59. The topological polar surface area (TPSA) is 59.9 Å². The number of hydrogen-bond donors (Lipinski definition) is 1. The minimum absolute atomic E-state index is 0.0880. The number of rotatable bonds is 6. The number of carbonyl (C=O) groups excluding carboxylic acids is 1. The fraction of sp³-hybridized carbons (Fsp3) is 0.333. The van der Waals surface area contributed by atoms with Gasteiger partial charge in [0.1, 0.15) is 18.1 Å². The van der Waals surface area contributed by atoms with Crippen LogP contribution in [0.5, 0.6) is 5.75 Å². The summed E-state index contributed by atoms with van der Waals surface area (Å²) in [5.41, 5.74) is 4.44. The van der Waals surface area contributed by atoms with Crippen molar-refractivity contribution in [3.63, 3.8) is 0 Å². The van der Waals surface area contributed by atoms with Crippen molar-refractivity contribution in [2.45, 2.75) is 33.1 Å². The largest absolute Gasteiger partial charge is 0.490 e. The maximum Gasteiger partial charge on any atom is 0.277 e. The Kier molecular flexibility index (Phi) is 6.78. The summed E-state index contributed by atoms with van der Waals surface area (Å²) in [6, 6.07) is 7.77. The average Bonchev–Trinajstić information content (AvgIpc) is 2.63. The van der Waals surface area contributed by atoms with Crippen LogP contribution in [0.1, 0.15) is 33.3 Å². The van der Waals surface area contributed by atoms with Gasteiger partial charge in [0.15, 0.2) is 6.61 Å². The van der Waals surface area contributed by atoms with E-state index in [1.807, 2.05) is 48.6 Å². The van der Waals surface area contributed by atoms with Gasteiger partial charge >= 0.3 is 0 Å². The molecule has 1 heterocycles. The molecule has 1 amide bonds. The van der Waals surface area contributed by atoms with Gasteiger partial charge < -0.3 is 9.47 Å². The second kappa shape index (κ2) is 9.04.